The molecule has 0 aliphatic heterocycles. The highest BCUT2D eigenvalue weighted by Crippen LogP contribution is 2.13. The van der Waals surface area contributed by atoms with Gasteiger partial charge < -0.3 is 16.0 Å². The largest absolute Gasteiger partial charge is 0.338 e. The van der Waals surface area contributed by atoms with Gasteiger partial charge in [-0.3, -0.25) is 14.9 Å². The summed E-state index contributed by atoms with van der Waals surface area (Å²) < 4.78 is 26.2. The monoisotopic (exact) mass is 391 g/mol. The zero-order valence-corrected chi connectivity index (χ0v) is 15.2. The number of nitrogens with one attached hydrogen (secondary N) is 3. The molecule has 28 heavy (non-hydrogen) atoms. The Bertz CT molecular complexity index is 846. The number of hydrogen-bond acceptors (Lipinski definition) is 3. The molecule has 0 radical (unpaired) electrons. The van der Waals surface area contributed by atoms with E-state index in [1.165, 1.54) is 11.4 Å². The van der Waals surface area contributed by atoms with Crippen molar-refractivity contribution in [2.75, 3.05) is 18.4 Å². The molecule has 1 atom stereocenters. The number of rotatable bonds is 7. The van der Waals surface area contributed by atoms with Crippen molar-refractivity contribution >= 4 is 23.5 Å². The number of amides is 4. The standard InChI is InChI=1S/C19H20F2N4O3/c1-2-22-19(28)25-18(27)17(12-6-4-3-5-7-12)23-11-16(26)24-13-8-9-14(20)15(21)10-13/h3-10,17,23H,2,11H2,1H3,(H,24,26)(H2,22,25,27,28)/p+1/t17-/m1/s1. The van der Waals surface area contributed by atoms with Crippen molar-refractivity contribution in [3.63, 3.8) is 0 Å². The van der Waals surface area contributed by atoms with Crippen LogP contribution in [0.5, 0.6) is 0 Å². The van der Waals surface area contributed by atoms with Gasteiger partial charge in [0.2, 0.25) is 0 Å². The zero-order chi connectivity index (χ0) is 20.5. The minimum Gasteiger partial charge on any atom is -0.338 e. The van der Waals surface area contributed by atoms with E-state index in [1.54, 1.807) is 37.3 Å². The zero-order valence-electron chi connectivity index (χ0n) is 15.2. The molecule has 2 aromatic rings. The lowest BCUT2D eigenvalue weighted by atomic mass is 10.1. The Morgan fingerprint density at radius 2 is 1.75 bits per heavy atom. The summed E-state index contributed by atoms with van der Waals surface area (Å²) in [6.07, 6.45) is 0. The highest BCUT2D eigenvalue weighted by Gasteiger charge is 2.26. The number of carbonyl (C=O) groups is 3. The first-order valence-corrected chi connectivity index (χ1v) is 8.62. The fourth-order valence-corrected chi connectivity index (χ4v) is 2.46. The molecule has 148 valence electrons. The average molecular weight is 391 g/mol. The van der Waals surface area contributed by atoms with Crippen molar-refractivity contribution in [3.05, 3.63) is 65.7 Å². The molecule has 0 aliphatic rings. The second-order valence-electron chi connectivity index (χ2n) is 5.85. The molecule has 2 rings (SSSR count). The van der Waals surface area contributed by atoms with Gasteiger partial charge in [-0.1, -0.05) is 30.3 Å². The summed E-state index contributed by atoms with van der Waals surface area (Å²) in [5.41, 5.74) is 0.699. The van der Waals surface area contributed by atoms with Crippen molar-refractivity contribution in [2.24, 2.45) is 0 Å². The van der Waals surface area contributed by atoms with Crippen LogP contribution in [0.3, 0.4) is 0 Å². The second-order valence-corrected chi connectivity index (χ2v) is 5.85. The molecule has 4 amide bonds. The maximum atomic E-state index is 13.2. The number of quaternary nitrogens is 1. The van der Waals surface area contributed by atoms with Gasteiger partial charge in [-0.05, 0) is 19.1 Å². The Morgan fingerprint density at radius 3 is 2.39 bits per heavy atom. The highest BCUT2D eigenvalue weighted by molar-refractivity contribution is 5.97. The second kappa shape index (κ2) is 10.1. The SMILES string of the molecule is CCNC(=O)NC(=O)[C@H]([NH2+]CC(=O)Nc1ccc(F)c(F)c1)c1ccccc1. The molecule has 5 N–H and O–H groups in total. The van der Waals surface area contributed by atoms with Crippen molar-refractivity contribution in [1.82, 2.24) is 10.6 Å². The third-order valence-corrected chi connectivity index (χ3v) is 3.76. The van der Waals surface area contributed by atoms with Gasteiger partial charge in [0.25, 0.3) is 11.8 Å². The lowest BCUT2D eigenvalue weighted by Crippen LogP contribution is -2.89. The molecule has 7 nitrogen and oxygen atoms in total. The third kappa shape index (κ3) is 6.13. The van der Waals surface area contributed by atoms with Crippen molar-refractivity contribution in [1.29, 1.82) is 0 Å². The van der Waals surface area contributed by atoms with E-state index in [1.807, 2.05) is 0 Å². The summed E-state index contributed by atoms with van der Waals surface area (Å²) in [5, 5.41) is 8.56. The van der Waals surface area contributed by atoms with Crippen LogP contribution in [0, 0.1) is 11.6 Å². The van der Waals surface area contributed by atoms with Crippen LogP contribution in [0.2, 0.25) is 0 Å². The van der Waals surface area contributed by atoms with E-state index in [-0.39, 0.29) is 12.2 Å². The van der Waals surface area contributed by atoms with Crippen LogP contribution in [-0.2, 0) is 9.59 Å². The van der Waals surface area contributed by atoms with Gasteiger partial charge in [-0.2, -0.15) is 0 Å². The maximum Gasteiger partial charge on any atom is 0.321 e. The predicted molar refractivity (Wildman–Crippen MR) is 98.2 cm³/mol. The van der Waals surface area contributed by atoms with Crippen LogP contribution in [-0.4, -0.2) is 30.9 Å². The topological polar surface area (TPSA) is 104 Å². The predicted octanol–water partition coefficient (Wildman–Crippen LogP) is 1.05. The Balaban J connectivity index is 2.03. The summed E-state index contributed by atoms with van der Waals surface area (Å²) in [6.45, 7) is 1.89. The van der Waals surface area contributed by atoms with Crippen LogP contribution >= 0.6 is 0 Å². The van der Waals surface area contributed by atoms with E-state index >= 15 is 0 Å². The molecule has 0 heterocycles. The van der Waals surface area contributed by atoms with Crippen LogP contribution in [0.4, 0.5) is 19.3 Å². The van der Waals surface area contributed by atoms with Gasteiger partial charge in [0.1, 0.15) is 0 Å². The number of anilines is 1. The van der Waals surface area contributed by atoms with Gasteiger partial charge in [0.05, 0.1) is 0 Å². The molecular formula is C19H21F2N4O3+. The molecule has 0 bridgehead atoms. The van der Waals surface area contributed by atoms with Crippen LogP contribution < -0.4 is 21.3 Å². The first-order valence-electron chi connectivity index (χ1n) is 8.62. The molecule has 0 spiro atoms. The average Bonchev–Trinajstić information content (AvgIpc) is 2.66. The first-order chi connectivity index (χ1) is 13.4. The molecule has 0 unspecified atom stereocenters. The molecule has 0 aromatic heterocycles. The fraction of sp³-hybridized carbons (Fsp3) is 0.211. The molecular weight excluding hydrogens is 370 g/mol. The lowest BCUT2D eigenvalue weighted by molar-refractivity contribution is -0.672. The number of hydrogen-bond donors (Lipinski definition) is 4. The smallest absolute Gasteiger partial charge is 0.321 e. The normalized spacial score (nSPS) is 11.4. The van der Waals surface area contributed by atoms with Crippen molar-refractivity contribution in [2.45, 2.75) is 13.0 Å². The summed E-state index contributed by atoms with van der Waals surface area (Å²) in [7, 11) is 0. The van der Waals surface area contributed by atoms with Gasteiger partial charge in [0.15, 0.2) is 24.2 Å². The maximum absolute atomic E-state index is 13.2. The van der Waals surface area contributed by atoms with E-state index in [4.69, 9.17) is 0 Å². The molecule has 2 aromatic carbocycles. The molecule has 0 aliphatic carbocycles. The van der Waals surface area contributed by atoms with E-state index in [9.17, 15) is 23.2 Å². The fourth-order valence-electron chi connectivity index (χ4n) is 2.46. The number of nitrogens with two attached hydrogens (primary N) is 1. The quantitative estimate of drug-likeness (QED) is 0.567. The van der Waals surface area contributed by atoms with E-state index in [0.717, 1.165) is 12.1 Å². The van der Waals surface area contributed by atoms with Crippen molar-refractivity contribution in [3.8, 4) is 0 Å². The van der Waals surface area contributed by atoms with E-state index in [0.29, 0.717) is 12.1 Å². The highest BCUT2D eigenvalue weighted by atomic mass is 19.2. The summed E-state index contributed by atoms with van der Waals surface area (Å²) in [6, 6.07) is 10.2. The number of carbonyl (C=O) groups excluding carboxylic acids is 3. The summed E-state index contributed by atoms with van der Waals surface area (Å²) in [4.78, 5) is 36.2. The minimum absolute atomic E-state index is 0.0975. The molecule has 9 heteroatoms. The summed E-state index contributed by atoms with van der Waals surface area (Å²) >= 11 is 0. The summed E-state index contributed by atoms with van der Waals surface area (Å²) in [5.74, 6) is -3.20. The molecule has 0 fully saturated rings. The van der Waals surface area contributed by atoms with Crippen LogP contribution in [0.15, 0.2) is 48.5 Å². The van der Waals surface area contributed by atoms with E-state index < -0.39 is 35.5 Å². The third-order valence-electron chi connectivity index (χ3n) is 3.76. The molecule has 0 saturated heterocycles. The Kier molecular flexibility index (Phi) is 7.58. The Hall–Kier alpha value is -3.33. The van der Waals surface area contributed by atoms with Gasteiger partial charge >= 0.3 is 6.03 Å². The number of benzene rings is 2. The number of urea groups is 1. The Morgan fingerprint density at radius 1 is 1.04 bits per heavy atom. The van der Waals surface area contributed by atoms with Crippen molar-refractivity contribution < 1.29 is 28.5 Å². The van der Waals surface area contributed by atoms with Gasteiger partial charge in [0, 0.05) is 23.9 Å². The Labute approximate surface area is 160 Å². The van der Waals surface area contributed by atoms with Crippen LogP contribution in [0.25, 0.3) is 0 Å². The minimum atomic E-state index is -1.08. The lowest BCUT2D eigenvalue weighted by Gasteiger charge is -2.15. The molecule has 0 saturated carbocycles. The van der Waals surface area contributed by atoms with Gasteiger partial charge in [-0.25, -0.2) is 13.6 Å². The van der Waals surface area contributed by atoms with E-state index in [2.05, 4.69) is 16.0 Å². The number of imide groups is 1. The first kappa shape index (κ1) is 21.0. The van der Waals surface area contributed by atoms with Crippen LogP contribution in [0.1, 0.15) is 18.5 Å². The van der Waals surface area contributed by atoms with Gasteiger partial charge in [-0.15, -0.1) is 0 Å². The number of halogens is 2.